The zero-order valence-electron chi connectivity index (χ0n) is 8.79. The third kappa shape index (κ3) is 3.60. The number of aryl methyl sites for hydroxylation is 1. The SMILES string of the molecule is CNC=O.Cc1cccc(C2CC2)c1. The molecule has 0 aromatic heterocycles. The van der Waals surface area contributed by atoms with Crippen LogP contribution in [-0.2, 0) is 4.79 Å². The second kappa shape index (κ2) is 5.43. The van der Waals surface area contributed by atoms with Crippen molar-refractivity contribution in [3.63, 3.8) is 0 Å². The van der Waals surface area contributed by atoms with Crippen LogP contribution in [0.5, 0.6) is 0 Å². The van der Waals surface area contributed by atoms with E-state index in [1.54, 1.807) is 12.6 Å². The van der Waals surface area contributed by atoms with Gasteiger partial charge in [-0.3, -0.25) is 4.79 Å². The molecule has 2 nitrogen and oxygen atoms in total. The van der Waals surface area contributed by atoms with E-state index in [4.69, 9.17) is 4.79 Å². The van der Waals surface area contributed by atoms with E-state index in [0.29, 0.717) is 6.41 Å². The van der Waals surface area contributed by atoms with Crippen LogP contribution in [0.15, 0.2) is 24.3 Å². The molecule has 0 heterocycles. The van der Waals surface area contributed by atoms with Crippen LogP contribution in [0, 0.1) is 6.92 Å². The molecule has 1 fully saturated rings. The van der Waals surface area contributed by atoms with Gasteiger partial charge in [-0.05, 0) is 31.2 Å². The summed E-state index contributed by atoms with van der Waals surface area (Å²) < 4.78 is 0. The molecule has 1 amide bonds. The molecule has 2 heteroatoms. The molecule has 0 saturated heterocycles. The predicted octanol–water partition coefficient (Wildman–Crippen LogP) is 2.23. The van der Waals surface area contributed by atoms with Gasteiger partial charge in [-0.15, -0.1) is 0 Å². The van der Waals surface area contributed by atoms with Gasteiger partial charge >= 0.3 is 0 Å². The monoisotopic (exact) mass is 191 g/mol. The van der Waals surface area contributed by atoms with Gasteiger partial charge in [0.2, 0.25) is 6.41 Å². The van der Waals surface area contributed by atoms with Crippen molar-refractivity contribution in [2.24, 2.45) is 0 Å². The van der Waals surface area contributed by atoms with Gasteiger partial charge in [-0.25, -0.2) is 0 Å². The smallest absolute Gasteiger partial charge is 0.206 e. The second-order valence-corrected chi connectivity index (χ2v) is 3.59. The number of hydrogen-bond donors (Lipinski definition) is 1. The second-order valence-electron chi connectivity index (χ2n) is 3.59. The van der Waals surface area contributed by atoms with E-state index in [-0.39, 0.29) is 0 Å². The van der Waals surface area contributed by atoms with Crippen molar-refractivity contribution in [1.82, 2.24) is 5.32 Å². The van der Waals surface area contributed by atoms with Crippen LogP contribution in [0.25, 0.3) is 0 Å². The van der Waals surface area contributed by atoms with Crippen molar-refractivity contribution in [3.8, 4) is 0 Å². The number of amides is 1. The van der Waals surface area contributed by atoms with E-state index in [9.17, 15) is 0 Å². The molecule has 1 aliphatic carbocycles. The first kappa shape index (κ1) is 10.8. The lowest BCUT2D eigenvalue weighted by Gasteiger charge is -1.97. The first-order valence-electron chi connectivity index (χ1n) is 4.95. The van der Waals surface area contributed by atoms with Crippen LogP contribution in [0.2, 0.25) is 0 Å². The van der Waals surface area contributed by atoms with E-state index in [0.717, 1.165) is 5.92 Å². The van der Waals surface area contributed by atoms with Gasteiger partial charge in [0.1, 0.15) is 0 Å². The van der Waals surface area contributed by atoms with Gasteiger partial charge in [0, 0.05) is 7.05 Å². The van der Waals surface area contributed by atoms with E-state index < -0.39 is 0 Å². The van der Waals surface area contributed by atoms with Crippen molar-refractivity contribution in [1.29, 1.82) is 0 Å². The number of carbonyl (C=O) groups is 1. The Labute approximate surface area is 85.3 Å². The quantitative estimate of drug-likeness (QED) is 0.714. The molecule has 76 valence electrons. The van der Waals surface area contributed by atoms with Crippen LogP contribution in [0.3, 0.4) is 0 Å². The highest BCUT2D eigenvalue weighted by molar-refractivity contribution is 5.44. The fourth-order valence-corrected chi connectivity index (χ4v) is 1.34. The molecule has 14 heavy (non-hydrogen) atoms. The minimum absolute atomic E-state index is 0.625. The Morgan fingerprint density at radius 3 is 2.50 bits per heavy atom. The first-order chi connectivity index (χ1) is 6.77. The molecule has 1 aromatic rings. The fourth-order valence-electron chi connectivity index (χ4n) is 1.34. The highest BCUT2D eigenvalue weighted by atomic mass is 16.1. The van der Waals surface area contributed by atoms with Crippen molar-refractivity contribution in [2.75, 3.05) is 7.05 Å². The summed E-state index contributed by atoms with van der Waals surface area (Å²) in [6, 6.07) is 8.86. The maximum atomic E-state index is 9.06. The molecule has 1 aliphatic rings. The van der Waals surface area contributed by atoms with Gasteiger partial charge in [-0.2, -0.15) is 0 Å². The minimum atomic E-state index is 0.625. The Morgan fingerprint density at radius 2 is 2.07 bits per heavy atom. The maximum Gasteiger partial charge on any atom is 0.206 e. The number of hydrogen-bond acceptors (Lipinski definition) is 1. The van der Waals surface area contributed by atoms with E-state index in [2.05, 4.69) is 36.5 Å². The number of rotatable bonds is 2. The van der Waals surface area contributed by atoms with Crippen molar-refractivity contribution in [3.05, 3.63) is 35.4 Å². The highest BCUT2D eigenvalue weighted by Gasteiger charge is 2.22. The Kier molecular flexibility index (Phi) is 4.17. The standard InChI is InChI=1S/C10H12.C2H5NO/c1-8-3-2-4-10(7-8)9-5-6-9;1-3-2-4/h2-4,7,9H,5-6H2,1H3;2H,1H3,(H,3,4). The molecule has 0 aliphatic heterocycles. The zero-order valence-corrected chi connectivity index (χ0v) is 8.79. The summed E-state index contributed by atoms with van der Waals surface area (Å²) in [4.78, 5) is 9.06. The van der Waals surface area contributed by atoms with Crippen LogP contribution in [-0.4, -0.2) is 13.5 Å². The third-order valence-corrected chi connectivity index (χ3v) is 2.21. The van der Waals surface area contributed by atoms with Crippen molar-refractivity contribution >= 4 is 6.41 Å². The molecule has 2 rings (SSSR count). The van der Waals surface area contributed by atoms with E-state index in [1.807, 2.05) is 0 Å². The summed E-state index contributed by atoms with van der Waals surface area (Å²) in [5.41, 5.74) is 2.93. The summed E-state index contributed by atoms with van der Waals surface area (Å²) in [5.74, 6) is 0.903. The van der Waals surface area contributed by atoms with E-state index in [1.165, 1.54) is 18.4 Å². The Balaban J connectivity index is 0.000000213. The summed E-state index contributed by atoms with van der Waals surface area (Å²) >= 11 is 0. The lowest BCUT2D eigenvalue weighted by Crippen LogP contribution is -1.98. The van der Waals surface area contributed by atoms with Gasteiger partial charge in [-0.1, -0.05) is 29.8 Å². The summed E-state index contributed by atoms with van der Waals surface area (Å²) in [6.45, 7) is 2.16. The molecular formula is C12H17NO. The van der Waals surface area contributed by atoms with Gasteiger partial charge < -0.3 is 5.32 Å². The predicted molar refractivity (Wildman–Crippen MR) is 58.3 cm³/mol. The zero-order chi connectivity index (χ0) is 10.4. The van der Waals surface area contributed by atoms with Gasteiger partial charge in [0.15, 0.2) is 0 Å². The molecule has 1 N–H and O–H groups in total. The summed E-state index contributed by atoms with van der Waals surface area (Å²) in [7, 11) is 1.56. The number of nitrogens with one attached hydrogen (secondary N) is 1. The lowest BCUT2D eigenvalue weighted by atomic mass is 10.1. The molecule has 0 bridgehead atoms. The van der Waals surface area contributed by atoms with Gasteiger partial charge in [0.25, 0.3) is 0 Å². The number of carbonyl (C=O) groups excluding carboxylic acids is 1. The third-order valence-electron chi connectivity index (χ3n) is 2.21. The van der Waals surface area contributed by atoms with Crippen molar-refractivity contribution < 1.29 is 4.79 Å². The molecule has 0 radical (unpaired) electrons. The van der Waals surface area contributed by atoms with E-state index >= 15 is 0 Å². The fraction of sp³-hybridized carbons (Fsp3) is 0.417. The normalized spacial score (nSPS) is 13.9. The summed E-state index contributed by atoms with van der Waals surface area (Å²) in [6.07, 6.45) is 3.44. The minimum Gasteiger partial charge on any atom is -0.362 e. The molecular weight excluding hydrogens is 174 g/mol. The van der Waals surface area contributed by atoms with Crippen LogP contribution < -0.4 is 5.32 Å². The molecule has 1 aromatic carbocycles. The average molecular weight is 191 g/mol. The van der Waals surface area contributed by atoms with Crippen LogP contribution in [0.1, 0.15) is 29.9 Å². The average Bonchev–Trinajstić information content (AvgIpc) is 3.02. The number of benzene rings is 1. The van der Waals surface area contributed by atoms with Crippen molar-refractivity contribution in [2.45, 2.75) is 25.7 Å². The molecule has 1 saturated carbocycles. The summed E-state index contributed by atoms with van der Waals surface area (Å²) in [5, 5.41) is 2.25. The molecule has 0 unspecified atom stereocenters. The highest BCUT2D eigenvalue weighted by Crippen LogP contribution is 2.39. The van der Waals surface area contributed by atoms with Gasteiger partial charge in [0.05, 0.1) is 0 Å². The largest absolute Gasteiger partial charge is 0.362 e. The molecule has 0 atom stereocenters. The topological polar surface area (TPSA) is 29.1 Å². The Morgan fingerprint density at radius 1 is 1.43 bits per heavy atom. The Hall–Kier alpha value is -1.31. The first-order valence-corrected chi connectivity index (χ1v) is 4.95. The lowest BCUT2D eigenvalue weighted by molar-refractivity contribution is -0.109. The Bertz CT molecular complexity index is 292. The van der Waals surface area contributed by atoms with Crippen LogP contribution in [0.4, 0.5) is 0 Å². The maximum absolute atomic E-state index is 9.06. The molecule has 0 spiro atoms. The van der Waals surface area contributed by atoms with Crippen LogP contribution >= 0.6 is 0 Å².